The SMILES string of the molecule is CCOC=C(C#N)C(=O)OC(C)(C)C. The zero-order valence-corrected chi connectivity index (χ0v) is 8.96. The van der Waals surface area contributed by atoms with Crippen LogP contribution in [0.2, 0.25) is 0 Å². The van der Waals surface area contributed by atoms with Gasteiger partial charge in [-0.1, -0.05) is 0 Å². The standard InChI is InChI=1S/C10H15NO3/c1-5-13-7-8(6-11)9(12)14-10(2,3)4/h7H,5H2,1-4H3. The minimum absolute atomic E-state index is 0.123. The first-order chi connectivity index (χ1) is 6.40. The van der Waals surface area contributed by atoms with Crippen LogP contribution in [0, 0.1) is 11.3 Å². The fourth-order valence-electron chi connectivity index (χ4n) is 0.620. The van der Waals surface area contributed by atoms with Gasteiger partial charge >= 0.3 is 5.97 Å². The lowest BCUT2D eigenvalue weighted by Gasteiger charge is -2.18. The van der Waals surface area contributed by atoms with Crippen molar-refractivity contribution in [1.29, 1.82) is 5.26 Å². The third kappa shape index (κ3) is 5.20. The van der Waals surface area contributed by atoms with Crippen LogP contribution in [-0.2, 0) is 14.3 Å². The molecule has 0 aliphatic heterocycles. The summed E-state index contributed by atoms with van der Waals surface area (Å²) in [6.07, 6.45) is 1.12. The van der Waals surface area contributed by atoms with Gasteiger partial charge in [0.05, 0.1) is 6.61 Å². The van der Waals surface area contributed by atoms with Gasteiger partial charge in [-0.05, 0) is 27.7 Å². The van der Waals surface area contributed by atoms with Gasteiger partial charge in [0.15, 0.2) is 5.57 Å². The Hall–Kier alpha value is -1.50. The van der Waals surface area contributed by atoms with Gasteiger partial charge in [0.25, 0.3) is 0 Å². The Morgan fingerprint density at radius 2 is 2.07 bits per heavy atom. The van der Waals surface area contributed by atoms with Crippen molar-refractivity contribution in [3.63, 3.8) is 0 Å². The number of hydrogen-bond donors (Lipinski definition) is 0. The first-order valence-electron chi connectivity index (χ1n) is 4.36. The number of ether oxygens (including phenoxy) is 2. The molecule has 0 saturated carbocycles. The van der Waals surface area contributed by atoms with Gasteiger partial charge in [0.2, 0.25) is 0 Å². The zero-order valence-electron chi connectivity index (χ0n) is 8.96. The van der Waals surface area contributed by atoms with E-state index in [0.29, 0.717) is 6.61 Å². The van der Waals surface area contributed by atoms with E-state index < -0.39 is 11.6 Å². The maximum absolute atomic E-state index is 11.3. The Morgan fingerprint density at radius 3 is 2.43 bits per heavy atom. The maximum Gasteiger partial charge on any atom is 0.352 e. The number of hydrogen-bond acceptors (Lipinski definition) is 4. The van der Waals surface area contributed by atoms with Gasteiger partial charge in [0.1, 0.15) is 17.9 Å². The average Bonchev–Trinajstić information content (AvgIpc) is 2.02. The largest absolute Gasteiger partial charge is 0.500 e. The Labute approximate surface area is 84.1 Å². The van der Waals surface area contributed by atoms with E-state index in [2.05, 4.69) is 0 Å². The predicted octanol–water partition coefficient (Wildman–Crippen LogP) is 1.77. The highest BCUT2D eigenvalue weighted by molar-refractivity contribution is 5.92. The third-order valence-electron chi connectivity index (χ3n) is 1.11. The van der Waals surface area contributed by atoms with Crippen LogP contribution in [0.1, 0.15) is 27.7 Å². The molecular formula is C10H15NO3. The van der Waals surface area contributed by atoms with Crippen LogP contribution < -0.4 is 0 Å². The fourth-order valence-corrected chi connectivity index (χ4v) is 0.620. The molecule has 0 heterocycles. The Bertz CT molecular complexity index is 268. The van der Waals surface area contributed by atoms with Gasteiger partial charge in [-0.3, -0.25) is 0 Å². The molecule has 0 aromatic heterocycles. The summed E-state index contributed by atoms with van der Waals surface area (Å²) < 4.78 is 9.81. The zero-order chi connectivity index (χ0) is 11.2. The van der Waals surface area contributed by atoms with Crippen LogP contribution >= 0.6 is 0 Å². The summed E-state index contributed by atoms with van der Waals surface area (Å²) in [4.78, 5) is 11.3. The molecule has 0 aliphatic rings. The van der Waals surface area contributed by atoms with Crippen molar-refractivity contribution < 1.29 is 14.3 Å². The quantitative estimate of drug-likeness (QED) is 0.299. The smallest absolute Gasteiger partial charge is 0.352 e. The van der Waals surface area contributed by atoms with Crippen molar-refractivity contribution >= 4 is 5.97 Å². The molecule has 0 N–H and O–H groups in total. The summed E-state index contributed by atoms with van der Waals surface area (Å²) in [5.41, 5.74) is -0.721. The molecule has 0 fully saturated rings. The fraction of sp³-hybridized carbons (Fsp3) is 0.600. The Kier molecular flexibility index (Phi) is 4.71. The minimum atomic E-state index is -0.659. The second kappa shape index (κ2) is 5.28. The molecule has 78 valence electrons. The lowest BCUT2D eigenvalue weighted by atomic mass is 10.2. The number of esters is 1. The van der Waals surface area contributed by atoms with Crippen molar-refractivity contribution in [3.8, 4) is 6.07 Å². The minimum Gasteiger partial charge on any atom is -0.500 e. The second-order valence-corrected chi connectivity index (χ2v) is 3.60. The first kappa shape index (κ1) is 12.5. The van der Waals surface area contributed by atoms with Crippen LogP contribution in [0.15, 0.2) is 11.8 Å². The summed E-state index contributed by atoms with van der Waals surface area (Å²) in [6.45, 7) is 7.39. The summed E-state index contributed by atoms with van der Waals surface area (Å²) in [6, 6.07) is 1.72. The number of carbonyl (C=O) groups is 1. The highest BCUT2D eigenvalue weighted by atomic mass is 16.6. The normalized spacial score (nSPS) is 11.8. The molecule has 4 nitrogen and oxygen atoms in total. The molecule has 0 aliphatic carbocycles. The molecule has 0 radical (unpaired) electrons. The summed E-state index contributed by atoms with van der Waals surface area (Å²) in [5.74, 6) is -0.659. The van der Waals surface area contributed by atoms with Crippen LogP contribution in [0.4, 0.5) is 0 Å². The lowest BCUT2D eigenvalue weighted by molar-refractivity contribution is -0.149. The molecule has 0 saturated heterocycles. The van der Waals surface area contributed by atoms with Crippen LogP contribution in [0.25, 0.3) is 0 Å². The van der Waals surface area contributed by atoms with Gasteiger partial charge in [-0.25, -0.2) is 4.79 Å². The number of carbonyl (C=O) groups excluding carboxylic acids is 1. The Balaban J connectivity index is 4.43. The van der Waals surface area contributed by atoms with Crippen molar-refractivity contribution in [2.24, 2.45) is 0 Å². The first-order valence-corrected chi connectivity index (χ1v) is 4.36. The highest BCUT2D eigenvalue weighted by Crippen LogP contribution is 2.10. The molecule has 0 rings (SSSR count). The maximum atomic E-state index is 11.3. The van der Waals surface area contributed by atoms with Crippen molar-refractivity contribution in [3.05, 3.63) is 11.8 Å². The number of rotatable bonds is 3. The van der Waals surface area contributed by atoms with Crippen molar-refractivity contribution in [2.45, 2.75) is 33.3 Å². The lowest BCUT2D eigenvalue weighted by Crippen LogP contribution is -2.24. The number of nitrogens with zero attached hydrogens (tertiary/aromatic N) is 1. The highest BCUT2D eigenvalue weighted by Gasteiger charge is 2.19. The Morgan fingerprint density at radius 1 is 1.50 bits per heavy atom. The third-order valence-corrected chi connectivity index (χ3v) is 1.11. The van der Waals surface area contributed by atoms with Gasteiger partial charge < -0.3 is 9.47 Å². The molecule has 0 spiro atoms. The van der Waals surface area contributed by atoms with Gasteiger partial charge in [-0.15, -0.1) is 0 Å². The monoisotopic (exact) mass is 197 g/mol. The molecule has 0 unspecified atom stereocenters. The number of nitriles is 1. The molecular weight excluding hydrogens is 182 g/mol. The van der Waals surface area contributed by atoms with Gasteiger partial charge in [0, 0.05) is 0 Å². The summed E-state index contributed by atoms with van der Waals surface area (Å²) in [7, 11) is 0. The van der Waals surface area contributed by atoms with Crippen molar-refractivity contribution in [2.75, 3.05) is 6.61 Å². The molecule has 14 heavy (non-hydrogen) atoms. The van der Waals surface area contributed by atoms with Crippen molar-refractivity contribution in [1.82, 2.24) is 0 Å². The topological polar surface area (TPSA) is 59.3 Å². The van der Waals surface area contributed by atoms with E-state index in [1.807, 2.05) is 0 Å². The molecule has 0 aromatic carbocycles. The molecule has 0 aromatic rings. The van der Waals surface area contributed by atoms with Crippen LogP contribution in [-0.4, -0.2) is 18.2 Å². The summed E-state index contributed by atoms with van der Waals surface area (Å²) in [5, 5.41) is 8.62. The molecule has 0 atom stereocenters. The molecule has 0 bridgehead atoms. The van der Waals surface area contributed by atoms with E-state index in [1.54, 1.807) is 33.8 Å². The van der Waals surface area contributed by atoms with E-state index in [9.17, 15) is 4.79 Å². The van der Waals surface area contributed by atoms with E-state index in [0.717, 1.165) is 6.26 Å². The van der Waals surface area contributed by atoms with E-state index in [-0.39, 0.29) is 5.57 Å². The summed E-state index contributed by atoms with van der Waals surface area (Å²) >= 11 is 0. The van der Waals surface area contributed by atoms with Crippen LogP contribution in [0.3, 0.4) is 0 Å². The predicted molar refractivity (Wildman–Crippen MR) is 51.2 cm³/mol. The average molecular weight is 197 g/mol. The van der Waals surface area contributed by atoms with Gasteiger partial charge in [-0.2, -0.15) is 5.26 Å². The second-order valence-electron chi connectivity index (χ2n) is 3.60. The molecule has 0 amide bonds. The van der Waals surface area contributed by atoms with E-state index in [4.69, 9.17) is 14.7 Å². The van der Waals surface area contributed by atoms with Crippen LogP contribution in [0.5, 0.6) is 0 Å². The van der Waals surface area contributed by atoms with E-state index in [1.165, 1.54) is 0 Å². The molecule has 4 heteroatoms. The van der Waals surface area contributed by atoms with E-state index >= 15 is 0 Å².